The van der Waals surface area contributed by atoms with E-state index in [1.54, 1.807) is 0 Å². The van der Waals surface area contributed by atoms with E-state index < -0.39 is 97.5 Å². The van der Waals surface area contributed by atoms with Crippen molar-refractivity contribution in [2.24, 2.45) is 0 Å². The fraction of sp³-hybridized carbons (Fsp3) is 0.624. The van der Waals surface area contributed by atoms with Gasteiger partial charge in [-0.2, -0.15) is 0 Å². The van der Waals surface area contributed by atoms with Crippen LogP contribution in [0, 0.1) is 0 Å². The highest BCUT2D eigenvalue weighted by molar-refractivity contribution is 7.47. The fourth-order valence-electron chi connectivity index (χ4n) is 9.74. The lowest BCUT2D eigenvalue weighted by atomic mass is 10.1. The van der Waals surface area contributed by atoms with Gasteiger partial charge in [-0.05, 0) is 167 Å². The van der Waals surface area contributed by atoms with Crippen LogP contribution in [-0.4, -0.2) is 96.7 Å². The summed E-state index contributed by atoms with van der Waals surface area (Å²) in [6.45, 7) is 4.36. The summed E-state index contributed by atoms with van der Waals surface area (Å²) < 4.78 is 68.5. The second kappa shape index (κ2) is 75.6. The van der Waals surface area contributed by atoms with Gasteiger partial charge in [0.25, 0.3) is 0 Å². The van der Waals surface area contributed by atoms with Gasteiger partial charge in [0, 0.05) is 25.7 Å². The van der Waals surface area contributed by atoms with E-state index in [1.807, 2.05) is 0 Å². The van der Waals surface area contributed by atoms with Crippen LogP contribution in [0.4, 0.5) is 0 Å². The van der Waals surface area contributed by atoms with E-state index in [0.29, 0.717) is 32.1 Å². The quantitative estimate of drug-likeness (QED) is 0.0169. The summed E-state index contributed by atoms with van der Waals surface area (Å²) in [5.41, 5.74) is 0. The first-order valence-electron chi connectivity index (χ1n) is 39.4. The minimum Gasteiger partial charge on any atom is -0.462 e. The van der Waals surface area contributed by atoms with E-state index in [0.717, 1.165) is 186 Å². The van der Waals surface area contributed by atoms with Crippen LogP contribution in [0.15, 0.2) is 170 Å². The van der Waals surface area contributed by atoms with Gasteiger partial charge < -0.3 is 33.8 Å². The van der Waals surface area contributed by atoms with Crippen LogP contribution in [0.2, 0.25) is 0 Å². The van der Waals surface area contributed by atoms with E-state index in [-0.39, 0.29) is 25.7 Å². The van der Waals surface area contributed by atoms with Crippen molar-refractivity contribution >= 4 is 39.5 Å². The van der Waals surface area contributed by atoms with E-state index >= 15 is 0 Å². The zero-order chi connectivity index (χ0) is 76.0. The lowest BCUT2D eigenvalue weighted by Crippen LogP contribution is -2.30. The van der Waals surface area contributed by atoms with Crippen molar-refractivity contribution in [2.45, 2.75) is 303 Å². The lowest BCUT2D eigenvalue weighted by molar-refractivity contribution is -0.161. The molecule has 5 unspecified atom stereocenters. The average molecular weight is 1490 g/mol. The maximum absolute atomic E-state index is 13.1. The lowest BCUT2D eigenvalue weighted by Gasteiger charge is -2.21. The molecule has 0 aromatic carbocycles. The van der Waals surface area contributed by atoms with Crippen molar-refractivity contribution in [2.75, 3.05) is 39.6 Å². The van der Waals surface area contributed by atoms with Crippen LogP contribution in [-0.2, 0) is 65.4 Å². The summed E-state index contributed by atoms with van der Waals surface area (Å²) >= 11 is 0. The number of rotatable bonds is 72. The number of carbonyl (C=O) groups is 4. The monoisotopic (exact) mass is 1490 g/mol. The number of hydrogen-bond acceptors (Lipinski definition) is 15. The Hall–Kier alpha value is -5.58. The summed E-state index contributed by atoms with van der Waals surface area (Å²) in [7, 11) is -10.00. The zero-order valence-electron chi connectivity index (χ0n) is 64.4. The minimum absolute atomic E-state index is 0.0287. The molecule has 17 nitrogen and oxygen atoms in total. The molecular formula is C85H138O17P2. The summed E-state index contributed by atoms with van der Waals surface area (Å²) in [6, 6.07) is 0. The number of aliphatic hydroxyl groups excluding tert-OH is 1. The van der Waals surface area contributed by atoms with Gasteiger partial charge in [0.2, 0.25) is 0 Å². The number of esters is 4. The van der Waals surface area contributed by atoms with Crippen LogP contribution < -0.4 is 0 Å². The van der Waals surface area contributed by atoms with Crippen LogP contribution >= 0.6 is 15.6 Å². The third kappa shape index (κ3) is 74.7. The van der Waals surface area contributed by atoms with Gasteiger partial charge in [-0.15, -0.1) is 0 Å². The Morgan fingerprint density at radius 1 is 0.279 bits per heavy atom. The summed E-state index contributed by atoms with van der Waals surface area (Å²) in [4.78, 5) is 72.9. The molecule has 0 amide bonds. The molecule has 0 rings (SSSR count). The second-order valence-electron chi connectivity index (χ2n) is 25.5. The largest absolute Gasteiger partial charge is 0.472 e. The Bertz CT molecular complexity index is 2640. The van der Waals surface area contributed by atoms with Gasteiger partial charge in [0.15, 0.2) is 12.2 Å². The molecule has 0 saturated carbocycles. The van der Waals surface area contributed by atoms with Gasteiger partial charge in [-0.25, -0.2) is 9.13 Å². The summed E-state index contributed by atoms with van der Waals surface area (Å²) in [5, 5.41) is 10.6. The van der Waals surface area contributed by atoms with Crippen LogP contribution in [0.5, 0.6) is 0 Å². The molecule has 104 heavy (non-hydrogen) atoms. The highest BCUT2D eigenvalue weighted by Gasteiger charge is 2.30. The molecule has 0 aromatic heterocycles. The van der Waals surface area contributed by atoms with E-state index in [2.05, 4.69) is 198 Å². The van der Waals surface area contributed by atoms with Crippen molar-refractivity contribution in [3.05, 3.63) is 170 Å². The number of unbranched alkanes of at least 4 members (excludes halogenated alkanes) is 18. The number of aliphatic hydroxyl groups is 1. The maximum atomic E-state index is 13.1. The molecule has 0 aliphatic carbocycles. The molecule has 19 heteroatoms. The number of allylic oxidation sites excluding steroid dienone is 28. The standard InChI is InChI=1S/C85H138O17P2/c1-5-9-13-17-21-25-29-32-35-37-39-41-44-46-50-53-57-61-65-69-82(87)95-75-80(101-84(89)71-67-63-59-55-49-28-24-20-16-12-8-4)77-99-103(91,92)97-73-79(86)74-98-104(93,94)100-78-81(102-85(90)72-68-64-60-56-52-48-43-34-31-27-23-19-15-11-7-3)76-96-83(88)70-66-62-58-54-51-47-45-42-40-38-36-33-30-26-22-18-14-10-6-2/h9-11,13-15,20-27,32-36,39-43,47,51-52,56,79-81,86H,5-8,12,16-19,28-31,37-38,44-46,48-50,53-55,57-78H2,1-4H3,(H,91,92)(H,93,94)/b13-9-,14-10-,15-11-,24-20-,25-21-,26-22-,27-23-,35-32-,36-33-,41-39-,42-40-,43-34-,51-47-,56-52-. The molecule has 0 bridgehead atoms. The molecule has 0 radical (unpaired) electrons. The van der Waals surface area contributed by atoms with Gasteiger partial charge >= 0.3 is 39.5 Å². The van der Waals surface area contributed by atoms with Crippen LogP contribution in [0.3, 0.4) is 0 Å². The number of hydrogen-bond donors (Lipinski definition) is 3. The first-order valence-corrected chi connectivity index (χ1v) is 42.4. The van der Waals surface area contributed by atoms with Gasteiger partial charge in [0.1, 0.15) is 19.3 Å². The molecule has 0 aliphatic rings. The fourth-order valence-corrected chi connectivity index (χ4v) is 11.3. The van der Waals surface area contributed by atoms with Crippen molar-refractivity contribution in [3.63, 3.8) is 0 Å². The highest BCUT2D eigenvalue weighted by Crippen LogP contribution is 2.45. The van der Waals surface area contributed by atoms with Gasteiger partial charge in [-0.1, -0.05) is 262 Å². The summed E-state index contributed by atoms with van der Waals surface area (Å²) in [5.74, 6) is -2.30. The Morgan fingerprint density at radius 2 is 0.500 bits per heavy atom. The first-order chi connectivity index (χ1) is 50.7. The Morgan fingerprint density at radius 3 is 0.808 bits per heavy atom. The molecule has 5 atom stereocenters. The minimum atomic E-state index is -5.00. The Labute approximate surface area is 629 Å². The van der Waals surface area contributed by atoms with Crippen molar-refractivity contribution in [3.8, 4) is 0 Å². The average Bonchev–Trinajstić information content (AvgIpc) is 0.929. The third-order valence-electron chi connectivity index (χ3n) is 15.7. The predicted molar refractivity (Wildman–Crippen MR) is 426 cm³/mol. The molecule has 0 spiro atoms. The molecule has 0 fully saturated rings. The van der Waals surface area contributed by atoms with Crippen LogP contribution in [0.25, 0.3) is 0 Å². The maximum Gasteiger partial charge on any atom is 0.472 e. The smallest absolute Gasteiger partial charge is 0.462 e. The Kier molecular flexibility index (Phi) is 71.6. The van der Waals surface area contributed by atoms with Gasteiger partial charge in [0.05, 0.1) is 26.4 Å². The second-order valence-corrected chi connectivity index (χ2v) is 28.4. The topological polar surface area (TPSA) is 237 Å². The third-order valence-corrected chi connectivity index (χ3v) is 17.6. The molecule has 0 aliphatic heterocycles. The number of ether oxygens (including phenoxy) is 4. The summed E-state index contributed by atoms with van der Waals surface area (Å²) in [6.07, 6.45) is 89.2. The van der Waals surface area contributed by atoms with Crippen molar-refractivity contribution in [1.29, 1.82) is 0 Å². The van der Waals surface area contributed by atoms with E-state index in [1.165, 1.54) is 12.8 Å². The molecule has 0 aromatic rings. The Balaban J connectivity index is 5.41. The SMILES string of the molecule is CC/C=C\C/C=C\C/C=C\C/C=C\C/C=C\CCCCCC(=O)OCC(COP(=O)(O)OCC(O)COP(=O)(O)OCC(COC(=O)CCCCCCCC/C=C\C/C=C\C/C=C\C/C=C\CC)OC(=O)CCCCCCC/C=C\CCCC)OC(=O)CCCC/C=C\C/C=C\C/C=C\C/C=C\CC. The first kappa shape index (κ1) is 98.4. The molecule has 0 heterocycles. The predicted octanol–water partition coefficient (Wildman–Crippen LogP) is 23.0. The molecular weight excluding hydrogens is 1350 g/mol. The van der Waals surface area contributed by atoms with Crippen molar-refractivity contribution < 1.29 is 80.2 Å². The van der Waals surface area contributed by atoms with Gasteiger partial charge in [-0.3, -0.25) is 37.3 Å². The number of carbonyl (C=O) groups excluding carboxylic acids is 4. The molecule has 0 saturated heterocycles. The van der Waals surface area contributed by atoms with E-state index in [9.17, 15) is 43.2 Å². The zero-order valence-corrected chi connectivity index (χ0v) is 66.2. The molecule has 590 valence electrons. The van der Waals surface area contributed by atoms with Crippen molar-refractivity contribution in [1.82, 2.24) is 0 Å². The molecule has 3 N–H and O–H groups in total. The number of phosphoric acid groups is 2. The highest BCUT2D eigenvalue weighted by atomic mass is 31.2. The van der Waals surface area contributed by atoms with Crippen LogP contribution in [0.1, 0.15) is 285 Å². The van der Waals surface area contributed by atoms with E-state index in [4.69, 9.17) is 37.0 Å². The number of phosphoric ester groups is 2. The normalized spacial score (nSPS) is 14.8.